The molecule has 0 saturated carbocycles. The molecule has 0 atom stereocenters. The Morgan fingerprint density at radius 3 is 2.55 bits per heavy atom. The van der Waals surface area contributed by atoms with E-state index in [0.717, 1.165) is 43.9 Å². The number of aromatic nitrogens is 2. The normalized spacial score (nSPS) is 11.1. The van der Waals surface area contributed by atoms with Gasteiger partial charge in [0.05, 0.1) is 11.1 Å². The van der Waals surface area contributed by atoms with Crippen LogP contribution >= 0.6 is 23.1 Å². The van der Waals surface area contributed by atoms with Gasteiger partial charge in [-0.1, -0.05) is 55.1 Å². The molecular formula is C24H22N2OS2. The van der Waals surface area contributed by atoms with Crippen LogP contribution in [0, 0.1) is 13.8 Å². The van der Waals surface area contributed by atoms with E-state index >= 15 is 0 Å². The summed E-state index contributed by atoms with van der Waals surface area (Å²) in [6.07, 6.45) is 2.61. The molecule has 0 aliphatic rings. The summed E-state index contributed by atoms with van der Waals surface area (Å²) >= 11 is 3.11. The maximum Gasteiger partial charge on any atom is 0.173 e. The summed E-state index contributed by atoms with van der Waals surface area (Å²) in [6, 6.07) is 14.5. The molecule has 0 fully saturated rings. The molecule has 3 nitrogen and oxygen atoms in total. The van der Waals surface area contributed by atoms with Crippen LogP contribution in [0.3, 0.4) is 0 Å². The van der Waals surface area contributed by atoms with Gasteiger partial charge in [0, 0.05) is 16.5 Å². The molecule has 0 spiro atoms. The van der Waals surface area contributed by atoms with Crippen molar-refractivity contribution in [1.82, 2.24) is 9.97 Å². The third-order valence-corrected chi connectivity index (χ3v) is 7.05. The average Bonchev–Trinajstić information content (AvgIpc) is 3.19. The maximum atomic E-state index is 12.7. The average molecular weight is 419 g/mol. The Balaban J connectivity index is 1.62. The fourth-order valence-electron chi connectivity index (χ4n) is 3.22. The molecule has 0 N–H and O–H groups in total. The van der Waals surface area contributed by atoms with Crippen LogP contribution in [-0.4, -0.2) is 21.5 Å². The number of carbonyl (C=O) groups excluding carboxylic acids is 1. The van der Waals surface area contributed by atoms with Crippen molar-refractivity contribution in [2.24, 2.45) is 0 Å². The van der Waals surface area contributed by atoms with Gasteiger partial charge in [-0.3, -0.25) is 4.79 Å². The number of aryl methyl sites for hydroxylation is 3. The highest BCUT2D eigenvalue weighted by atomic mass is 32.2. The van der Waals surface area contributed by atoms with E-state index in [4.69, 9.17) is 0 Å². The Morgan fingerprint density at radius 1 is 1.03 bits per heavy atom. The molecule has 4 rings (SSSR count). The minimum atomic E-state index is 0.119. The van der Waals surface area contributed by atoms with Crippen LogP contribution in [0.2, 0.25) is 0 Å². The number of thiophene rings is 1. The largest absolute Gasteiger partial charge is 0.293 e. The molecule has 4 aromatic rings. The van der Waals surface area contributed by atoms with Crippen molar-refractivity contribution in [1.29, 1.82) is 0 Å². The smallest absolute Gasteiger partial charge is 0.173 e. The maximum absolute atomic E-state index is 12.7. The zero-order chi connectivity index (χ0) is 20.4. The monoisotopic (exact) mass is 418 g/mol. The minimum absolute atomic E-state index is 0.119. The molecule has 0 saturated heterocycles. The quantitative estimate of drug-likeness (QED) is 0.203. The lowest BCUT2D eigenvalue weighted by molar-refractivity contribution is 0.102. The number of hydrogen-bond acceptors (Lipinski definition) is 5. The molecule has 2 aromatic carbocycles. The van der Waals surface area contributed by atoms with Gasteiger partial charge in [0.1, 0.15) is 16.2 Å². The summed E-state index contributed by atoms with van der Waals surface area (Å²) in [4.78, 5) is 22.6. The highest BCUT2D eigenvalue weighted by Gasteiger charge is 2.15. The molecule has 0 aliphatic heterocycles. The van der Waals surface area contributed by atoms with Gasteiger partial charge in [-0.2, -0.15) is 0 Å². The summed E-state index contributed by atoms with van der Waals surface area (Å²) in [6.45, 7) is 6.25. The Kier molecular flexibility index (Phi) is 5.79. The first-order valence-electron chi connectivity index (χ1n) is 9.61. The van der Waals surface area contributed by atoms with Crippen molar-refractivity contribution in [2.75, 3.05) is 5.75 Å². The van der Waals surface area contributed by atoms with Crippen LogP contribution in [0.25, 0.3) is 21.3 Å². The van der Waals surface area contributed by atoms with Gasteiger partial charge in [-0.15, -0.1) is 11.3 Å². The van der Waals surface area contributed by atoms with Crippen molar-refractivity contribution >= 4 is 39.1 Å². The zero-order valence-electron chi connectivity index (χ0n) is 16.7. The molecule has 5 heteroatoms. The predicted octanol–water partition coefficient (Wildman–Crippen LogP) is 6.51. The van der Waals surface area contributed by atoms with E-state index in [0.29, 0.717) is 5.75 Å². The molecular weight excluding hydrogens is 396 g/mol. The second-order valence-electron chi connectivity index (χ2n) is 7.07. The van der Waals surface area contributed by atoms with Crippen LogP contribution in [0.1, 0.15) is 34.0 Å². The lowest BCUT2D eigenvalue weighted by Crippen LogP contribution is -2.03. The molecule has 0 aliphatic carbocycles. The van der Waals surface area contributed by atoms with Gasteiger partial charge in [0.25, 0.3) is 0 Å². The van der Waals surface area contributed by atoms with E-state index in [1.807, 2.05) is 25.1 Å². The van der Waals surface area contributed by atoms with E-state index in [9.17, 15) is 4.79 Å². The van der Waals surface area contributed by atoms with Crippen LogP contribution in [0.15, 0.2) is 59.2 Å². The molecule has 0 unspecified atom stereocenters. The van der Waals surface area contributed by atoms with E-state index < -0.39 is 0 Å². The first-order valence-corrected chi connectivity index (χ1v) is 11.5. The van der Waals surface area contributed by atoms with Crippen molar-refractivity contribution in [2.45, 2.75) is 32.2 Å². The lowest BCUT2D eigenvalue weighted by Gasteiger charge is -2.07. The molecule has 29 heavy (non-hydrogen) atoms. The minimum Gasteiger partial charge on any atom is -0.293 e. The molecule has 2 aromatic heterocycles. The standard InChI is InChI=1S/C24H22N2OS2/c1-4-17-6-9-18(10-7-17)20-12-28-23-22(20)24(26-14-25-23)29-13-21(27)19-8-5-15(2)16(3)11-19/h5-12,14H,4,13H2,1-3H3. The molecule has 2 heterocycles. The fourth-order valence-corrected chi connectivity index (χ4v) is 5.11. The zero-order valence-corrected chi connectivity index (χ0v) is 18.4. The Morgan fingerprint density at radius 2 is 1.83 bits per heavy atom. The number of carbonyl (C=O) groups is 1. The Labute approximate surface area is 179 Å². The van der Waals surface area contributed by atoms with Gasteiger partial charge < -0.3 is 0 Å². The molecule has 0 bridgehead atoms. The summed E-state index contributed by atoms with van der Waals surface area (Å²) in [5, 5.41) is 4.04. The van der Waals surface area contributed by atoms with E-state index in [-0.39, 0.29) is 5.78 Å². The lowest BCUT2D eigenvalue weighted by atomic mass is 10.0. The van der Waals surface area contributed by atoms with Crippen molar-refractivity contribution < 1.29 is 4.79 Å². The number of ketones is 1. The van der Waals surface area contributed by atoms with E-state index in [1.165, 1.54) is 22.9 Å². The number of rotatable bonds is 6. The second kappa shape index (κ2) is 8.47. The predicted molar refractivity (Wildman–Crippen MR) is 123 cm³/mol. The number of benzene rings is 2. The molecule has 146 valence electrons. The van der Waals surface area contributed by atoms with Gasteiger partial charge in [-0.05, 0) is 48.6 Å². The SMILES string of the molecule is CCc1ccc(-c2csc3ncnc(SCC(=O)c4ccc(C)c(C)c4)c23)cc1. The third kappa shape index (κ3) is 4.11. The molecule has 0 amide bonds. The van der Waals surface area contributed by atoms with Gasteiger partial charge >= 0.3 is 0 Å². The van der Waals surface area contributed by atoms with Gasteiger partial charge in [0.2, 0.25) is 0 Å². The summed E-state index contributed by atoms with van der Waals surface area (Å²) in [5.41, 5.74) is 6.70. The number of Topliss-reactive ketones (excluding diaryl/α,β-unsaturated/α-hetero) is 1. The van der Waals surface area contributed by atoms with E-state index in [2.05, 4.69) is 53.5 Å². The summed E-state index contributed by atoms with van der Waals surface area (Å²) < 4.78 is 0. The van der Waals surface area contributed by atoms with Crippen LogP contribution in [0.5, 0.6) is 0 Å². The first-order chi connectivity index (χ1) is 14.1. The highest BCUT2D eigenvalue weighted by Crippen LogP contribution is 2.38. The first kappa shape index (κ1) is 19.8. The Hall–Kier alpha value is -2.50. The van der Waals surface area contributed by atoms with Crippen molar-refractivity contribution in [3.8, 4) is 11.1 Å². The number of hydrogen-bond donors (Lipinski definition) is 0. The topological polar surface area (TPSA) is 42.9 Å². The number of thioether (sulfide) groups is 1. The van der Waals surface area contributed by atoms with Crippen LogP contribution in [0.4, 0.5) is 0 Å². The van der Waals surface area contributed by atoms with Crippen LogP contribution < -0.4 is 0 Å². The number of fused-ring (bicyclic) bond motifs is 1. The fraction of sp³-hybridized carbons (Fsp3) is 0.208. The number of nitrogens with zero attached hydrogens (tertiary/aromatic N) is 2. The molecule has 0 radical (unpaired) electrons. The highest BCUT2D eigenvalue weighted by molar-refractivity contribution is 8.00. The van der Waals surface area contributed by atoms with Crippen LogP contribution in [-0.2, 0) is 6.42 Å². The van der Waals surface area contributed by atoms with Gasteiger partial charge in [0.15, 0.2) is 5.78 Å². The van der Waals surface area contributed by atoms with E-state index in [1.54, 1.807) is 17.7 Å². The van der Waals surface area contributed by atoms with Crippen molar-refractivity contribution in [3.05, 3.63) is 76.4 Å². The second-order valence-corrected chi connectivity index (χ2v) is 8.89. The van der Waals surface area contributed by atoms with Crippen molar-refractivity contribution in [3.63, 3.8) is 0 Å². The summed E-state index contributed by atoms with van der Waals surface area (Å²) in [5.74, 6) is 0.479. The Bertz CT molecular complexity index is 1180. The van der Waals surface area contributed by atoms with Gasteiger partial charge in [-0.25, -0.2) is 9.97 Å². The third-order valence-electron chi connectivity index (χ3n) is 5.18. The summed E-state index contributed by atoms with van der Waals surface area (Å²) in [7, 11) is 0.